The quantitative estimate of drug-likeness (QED) is 0.386. The summed E-state index contributed by atoms with van der Waals surface area (Å²) in [6.45, 7) is 0. The minimum Gasteiger partial charge on any atom is -0.399 e. The molecule has 0 fully saturated rings. The Hall–Kier alpha value is -1.81. The van der Waals surface area contributed by atoms with Crippen LogP contribution in [0.25, 0.3) is 0 Å². The molecule has 2 rings (SSSR count). The van der Waals surface area contributed by atoms with Crippen molar-refractivity contribution in [3.8, 4) is 0 Å². The zero-order chi connectivity index (χ0) is 12.3. The van der Waals surface area contributed by atoms with Gasteiger partial charge in [-0.3, -0.25) is 0 Å². The van der Waals surface area contributed by atoms with E-state index in [2.05, 4.69) is 21.0 Å². The van der Waals surface area contributed by atoms with Crippen LogP contribution in [0, 0.1) is 0 Å². The number of nitrogen functional groups attached to an aromatic ring is 1. The summed E-state index contributed by atoms with van der Waals surface area (Å²) in [5.41, 5.74) is 9.04. The fraction of sp³-hybridized carbons (Fsp3) is 0. The van der Waals surface area contributed by atoms with E-state index >= 15 is 0 Å². The lowest BCUT2D eigenvalue weighted by atomic mass is 10.0. The fourth-order valence-electron chi connectivity index (χ4n) is 1.56. The van der Waals surface area contributed by atoms with Crippen LogP contribution in [0.1, 0.15) is 11.1 Å². The van der Waals surface area contributed by atoms with E-state index in [1.807, 2.05) is 48.5 Å². The zero-order valence-electron chi connectivity index (χ0n) is 9.10. The van der Waals surface area contributed by atoms with Crippen molar-refractivity contribution in [2.24, 2.45) is 10.9 Å². The van der Waals surface area contributed by atoms with Crippen LogP contribution < -0.4 is 11.6 Å². The summed E-state index contributed by atoms with van der Waals surface area (Å²) in [6, 6.07) is 15.3. The Kier molecular flexibility index (Phi) is 3.44. The van der Waals surface area contributed by atoms with Gasteiger partial charge in [0.15, 0.2) is 0 Å². The van der Waals surface area contributed by atoms with Gasteiger partial charge in [-0.15, -0.1) is 0 Å². The summed E-state index contributed by atoms with van der Waals surface area (Å²) in [6.07, 6.45) is 0. The zero-order valence-corrected chi connectivity index (χ0v) is 10.7. The summed E-state index contributed by atoms with van der Waals surface area (Å²) in [4.78, 5) is 0. The van der Waals surface area contributed by atoms with Crippen molar-refractivity contribution in [1.29, 1.82) is 0 Å². The Bertz CT molecular complexity index is 482. The molecular weight excluding hydrogens is 278 g/mol. The van der Waals surface area contributed by atoms with Crippen molar-refractivity contribution in [2.75, 3.05) is 5.73 Å². The second kappa shape index (κ2) is 5.01. The molecule has 0 aromatic heterocycles. The number of benzene rings is 2. The van der Waals surface area contributed by atoms with Crippen molar-refractivity contribution in [2.45, 2.75) is 0 Å². The monoisotopic (exact) mass is 289 g/mol. The molecule has 17 heavy (non-hydrogen) atoms. The maximum Gasteiger partial charge on any atom is 0.0971 e. The second-order valence-corrected chi connectivity index (χ2v) is 4.52. The van der Waals surface area contributed by atoms with E-state index in [9.17, 15) is 0 Å². The average Bonchev–Trinajstić information content (AvgIpc) is 2.35. The normalized spacial score (nSPS) is 11.5. The van der Waals surface area contributed by atoms with Gasteiger partial charge in [-0.05, 0) is 24.3 Å². The van der Waals surface area contributed by atoms with Gasteiger partial charge < -0.3 is 11.6 Å². The third-order valence-corrected chi connectivity index (χ3v) is 2.96. The second-order valence-electron chi connectivity index (χ2n) is 3.61. The lowest BCUT2D eigenvalue weighted by Gasteiger charge is -2.06. The fourth-order valence-corrected chi connectivity index (χ4v) is 1.83. The van der Waals surface area contributed by atoms with Crippen LogP contribution in [0.5, 0.6) is 0 Å². The molecule has 0 radical (unpaired) electrons. The topological polar surface area (TPSA) is 64.4 Å². The highest BCUT2D eigenvalue weighted by molar-refractivity contribution is 9.10. The first-order chi connectivity index (χ1) is 8.20. The van der Waals surface area contributed by atoms with Crippen molar-refractivity contribution in [1.82, 2.24) is 0 Å². The summed E-state index contributed by atoms with van der Waals surface area (Å²) in [5, 5.41) is 3.85. The average molecular weight is 290 g/mol. The molecule has 4 N–H and O–H groups in total. The molecule has 0 aliphatic rings. The Morgan fingerprint density at radius 3 is 1.82 bits per heavy atom. The third-order valence-electron chi connectivity index (χ3n) is 2.43. The predicted molar refractivity (Wildman–Crippen MR) is 74.8 cm³/mol. The summed E-state index contributed by atoms with van der Waals surface area (Å²) < 4.78 is 1.02. The predicted octanol–water partition coefficient (Wildman–Crippen LogP) is 2.74. The van der Waals surface area contributed by atoms with E-state index in [1.54, 1.807) is 0 Å². The molecule has 0 saturated heterocycles. The minimum absolute atomic E-state index is 0.723. The van der Waals surface area contributed by atoms with Gasteiger partial charge >= 0.3 is 0 Å². The van der Waals surface area contributed by atoms with Gasteiger partial charge in [0.25, 0.3) is 0 Å². The molecule has 0 saturated carbocycles. The molecule has 0 spiro atoms. The van der Waals surface area contributed by atoms with Crippen LogP contribution in [0.4, 0.5) is 5.69 Å². The summed E-state index contributed by atoms with van der Waals surface area (Å²) in [5.74, 6) is 5.46. The molecule has 0 bridgehead atoms. The summed E-state index contributed by atoms with van der Waals surface area (Å²) >= 11 is 3.39. The van der Waals surface area contributed by atoms with Gasteiger partial charge in [-0.25, -0.2) is 0 Å². The highest BCUT2D eigenvalue weighted by Gasteiger charge is 2.06. The maximum atomic E-state index is 5.65. The Morgan fingerprint density at radius 1 is 0.882 bits per heavy atom. The van der Waals surface area contributed by atoms with Gasteiger partial charge in [0.1, 0.15) is 0 Å². The van der Waals surface area contributed by atoms with Gasteiger partial charge in [0, 0.05) is 21.3 Å². The summed E-state index contributed by atoms with van der Waals surface area (Å²) in [7, 11) is 0. The molecular formula is C13H12BrN3. The lowest BCUT2D eigenvalue weighted by Crippen LogP contribution is -2.06. The van der Waals surface area contributed by atoms with E-state index in [0.29, 0.717) is 0 Å². The number of halogens is 1. The largest absolute Gasteiger partial charge is 0.399 e. The van der Waals surface area contributed by atoms with Crippen LogP contribution in [-0.2, 0) is 0 Å². The molecule has 4 heteroatoms. The SMILES string of the molecule is N/N=C(\c1ccc(N)cc1)c1ccc(Br)cc1. The molecule has 0 amide bonds. The van der Waals surface area contributed by atoms with Crippen LogP contribution >= 0.6 is 15.9 Å². The first kappa shape index (κ1) is 11.7. The Labute approximate surface area is 108 Å². The van der Waals surface area contributed by atoms with Crippen LogP contribution in [0.15, 0.2) is 58.1 Å². The van der Waals surface area contributed by atoms with E-state index in [1.165, 1.54) is 0 Å². The third kappa shape index (κ3) is 2.65. The molecule has 0 aliphatic carbocycles. The highest BCUT2D eigenvalue weighted by atomic mass is 79.9. The van der Waals surface area contributed by atoms with Crippen molar-refractivity contribution < 1.29 is 0 Å². The van der Waals surface area contributed by atoms with Crippen LogP contribution in [0.2, 0.25) is 0 Å². The maximum absolute atomic E-state index is 5.65. The molecule has 0 unspecified atom stereocenters. The minimum atomic E-state index is 0.723. The number of rotatable bonds is 2. The number of hydrogen-bond donors (Lipinski definition) is 2. The highest BCUT2D eigenvalue weighted by Crippen LogP contribution is 2.15. The first-order valence-corrected chi connectivity index (χ1v) is 5.90. The van der Waals surface area contributed by atoms with Gasteiger partial charge in [-0.2, -0.15) is 5.10 Å². The van der Waals surface area contributed by atoms with E-state index < -0.39 is 0 Å². The molecule has 2 aromatic carbocycles. The molecule has 0 aliphatic heterocycles. The first-order valence-electron chi connectivity index (χ1n) is 5.10. The molecule has 86 valence electrons. The molecule has 0 heterocycles. The van der Waals surface area contributed by atoms with Crippen molar-refractivity contribution in [3.05, 3.63) is 64.1 Å². The van der Waals surface area contributed by atoms with Crippen molar-refractivity contribution >= 4 is 27.3 Å². The molecule has 0 atom stereocenters. The van der Waals surface area contributed by atoms with Gasteiger partial charge in [0.2, 0.25) is 0 Å². The van der Waals surface area contributed by atoms with Crippen molar-refractivity contribution in [3.63, 3.8) is 0 Å². The standard InChI is InChI=1S/C13H12BrN3/c14-11-5-1-9(2-6-11)13(17-16)10-3-7-12(15)8-4-10/h1-8H,15-16H2/b17-13-. The Balaban J connectivity index is 2.41. The number of hydrogen-bond acceptors (Lipinski definition) is 3. The number of nitrogens with two attached hydrogens (primary N) is 2. The lowest BCUT2D eigenvalue weighted by molar-refractivity contribution is 1.24. The number of anilines is 1. The smallest absolute Gasteiger partial charge is 0.0971 e. The molecule has 2 aromatic rings. The Morgan fingerprint density at radius 2 is 1.35 bits per heavy atom. The van der Waals surface area contributed by atoms with E-state index in [4.69, 9.17) is 11.6 Å². The van der Waals surface area contributed by atoms with Gasteiger partial charge in [0.05, 0.1) is 5.71 Å². The van der Waals surface area contributed by atoms with E-state index in [0.717, 1.165) is 27.0 Å². The van der Waals surface area contributed by atoms with Crippen LogP contribution in [-0.4, -0.2) is 5.71 Å². The van der Waals surface area contributed by atoms with E-state index in [-0.39, 0.29) is 0 Å². The number of nitrogens with zero attached hydrogens (tertiary/aromatic N) is 1. The van der Waals surface area contributed by atoms with Crippen LogP contribution in [0.3, 0.4) is 0 Å². The van der Waals surface area contributed by atoms with Gasteiger partial charge in [-0.1, -0.05) is 40.2 Å². The number of hydrazone groups is 1. The molecule has 3 nitrogen and oxygen atoms in total.